The minimum Gasteiger partial charge on any atom is -0.381 e. The molecule has 0 spiro atoms. The summed E-state index contributed by atoms with van der Waals surface area (Å²) in [5.41, 5.74) is 6.69. The third kappa shape index (κ3) is 5.90. The number of nitrogens with zero attached hydrogens (tertiary/aromatic N) is 1. The van der Waals surface area contributed by atoms with E-state index in [9.17, 15) is 8.42 Å². The van der Waals surface area contributed by atoms with Crippen molar-refractivity contribution in [3.8, 4) is 0 Å². The van der Waals surface area contributed by atoms with Crippen molar-refractivity contribution in [2.75, 3.05) is 25.2 Å². The number of hydrogen-bond donors (Lipinski definition) is 1. The average Bonchev–Trinajstić information content (AvgIpc) is 2.74. The second kappa shape index (κ2) is 7.18. The van der Waals surface area contributed by atoms with Crippen LogP contribution in [-0.2, 0) is 21.0 Å². The third-order valence-corrected chi connectivity index (χ3v) is 4.32. The summed E-state index contributed by atoms with van der Waals surface area (Å²) in [5, 5.41) is 2.88. The molecule has 0 radical (unpaired) electrons. The molecule has 1 unspecified atom stereocenters. The van der Waals surface area contributed by atoms with Gasteiger partial charge in [0.05, 0.1) is 23.1 Å². The molecule has 0 saturated heterocycles. The van der Waals surface area contributed by atoms with Crippen molar-refractivity contribution in [3.63, 3.8) is 0 Å². The molecule has 7 heteroatoms. The van der Waals surface area contributed by atoms with Crippen molar-refractivity contribution in [1.82, 2.24) is 4.98 Å². The lowest BCUT2D eigenvalue weighted by molar-refractivity contribution is 0.151. The normalized spacial score (nSPS) is 13.7. The molecule has 2 N–H and O–H groups in total. The van der Waals surface area contributed by atoms with Gasteiger partial charge in [0, 0.05) is 30.7 Å². The lowest BCUT2D eigenvalue weighted by Crippen LogP contribution is -2.16. The van der Waals surface area contributed by atoms with E-state index < -0.39 is 9.84 Å². The highest BCUT2D eigenvalue weighted by molar-refractivity contribution is 7.90. The van der Waals surface area contributed by atoms with Crippen LogP contribution in [0.3, 0.4) is 0 Å². The molecular formula is C11H20N2O3S2. The van der Waals surface area contributed by atoms with Gasteiger partial charge in [0.25, 0.3) is 0 Å². The molecule has 0 saturated carbocycles. The van der Waals surface area contributed by atoms with Crippen LogP contribution in [0.2, 0.25) is 0 Å². The number of rotatable bonds is 8. The number of hydrogen-bond acceptors (Lipinski definition) is 6. The van der Waals surface area contributed by atoms with E-state index in [4.69, 9.17) is 10.5 Å². The summed E-state index contributed by atoms with van der Waals surface area (Å²) >= 11 is 1.54. The summed E-state index contributed by atoms with van der Waals surface area (Å²) in [7, 11) is -2.96. The minimum atomic E-state index is -2.96. The molecule has 1 heterocycles. The summed E-state index contributed by atoms with van der Waals surface area (Å²) in [6.45, 7) is 3.31. The maximum atomic E-state index is 11.1. The zero-order valence-electron chi connectivity index (χ0n) is 10.8. The van der Waals surface area contributed by atoms with Crippen molar-refractivity contribution >= 4 is 21.2 Å². The van der Waals surface area contributed by atoms with E-state index in [1.807, 2.05) is 12.3 Å². The van der Waals surface area contributed by atoms with Crippen LogP contribution in [0.15, 0.2) is 5.38 Å². The Bertz CT molecular complexity index is 457. The first kappa shape index (κ1) is 15.6. The highest BCUT2D eigenvalue weighted by atomic mass is 32.2. The van der Waals surface area contributed by atoms with Crippen LogP contribution in [0.1, 0.15) is 30.1 Å². The van der Waals surface area contributed by atoms with Gasteiger partial charge in [-0.25, -0.2) is 13.4 Å². The van der Waals surface area contributed by atoms with E-state index >= 15 is 0 Å². The summed E-state index contributed by atoms with van der Waals surface area (Å²) < 4.78 is 27.4. The van der Waals surface area contributed by atoms with Crippen LogP contribution in [0.4, 0.5) is 0 Å². The molecule has 104 valence electrons. The lowest BCUT2D eigenvalue weighted by atomic mass is 10.2. The summed E-state index contributed by atoms with van der Waals surface area (Å²) in [5.74, 6) is 0.0972. The average molecular weight is 292 g/mol. The standard InChI is InChI=1S/C11H20N2O3S2/c1-3-16-6-4-11-13-10(8-17-11)9(12)5-7-18(2,14)15/h8-9H,3-7,12H2,1-2H3. The largest absolute Gasteiger partial charge is 0.381 e. The Kier molecular flexibility index (Phi) is 6.20. The molecule has 0 bridgehead atoms. The van der Waals surface area contributed by atoms with E-state index in [-0.39, 0.29) is 11.8 Å². The fourth-order valence-electron chi connectivity index (χ4n) is 1.40. The second-order valence-corrected chi connectivity index (χ2v) is 7.34. The van der Waals surface area contributed by atoms with Crippen molar-refractivity contribution in [2.45, 2.75) is 25.8 Å². The minimum absolute atomic E-state index is 0.0972. The van der Waals surface area contributed by atoms with Gasteiger partial charge in [0.1, 0.15) is 9.84 Å². The molecule has 0 amide bonds. The van der Waals surface area contributed by atoms with E-state index in [0.29, 0.717) is 19.6 Å². The molecule has 1 aromatic heterocycles. The van der Waals surface area contributed by atoms with Gasteiger partial charge in [-0.15, -0.1) is 11.3 Å². The number of thiazole rings is 1. The van der Waals surface area contributed by atoms with Gasteiger partial charge in [-0.2, -0.15) is 0 Å². The maximum absolute atomic E-state index is 11.1. The number of nitrogens with two attached hydrogens (primary N) is 1. The Morgan fingerprint density at radius 2 is 2.28 bits per heavy atom. The van der Waals surface area contributed by atoms with E-state index in [0.717, 1.165) is 17.1 Å². The maximum Gasteiger partial charge on any atom is 0.147 e. The van der Waals surface area contributed by atoms with Gasteiger partial charge < -0.3 is 10.5 Å². The predicted molar refractivity (Wildman–Crippen MR) is 73.6 cm³/mol. The molecule has 0 aliphatic rings. The molecule has 0 aromatic carbocycles. The van der Waals surface area contributed by atoms with Gasteiger partial charge in [-0.3, -0.25) is 0 Å². The Hall–Kier alpha value is -0.500. The topological polar surface area (TPSA) is 82.3 Å². The molecular weight excluding hydrogens is 272 g/mol. The van der Waals surface area contributed by atoms with Crippen LogP contribution >= 0.6 is 11.3 Å². The highest BCUT2D eigenvalue weighted by Gasteiger charge is 2.13. The van der Waals surface area contributed by atoms with Gasteiger partial charge in [0.2, 0.25) is 0 Å². The van der Waals surface area contributed by atoms with Crippen LogP contribution in [0.5, 0.6) is 0 Å². The van der Waals surface area contributed by atoms with Gasteiger partial charge in [0.15, 0.2) is 0 Å². The Labute approximate surface area is 112 Å². The summed E-state index contributed by atoms with van der Waals surface area (Å²) in [6.07, 6.45) is 2.40. The zero-order chi connectivity index (χ0) is 13.6. The van der Waals surface area contributed by atoms with Gasteiger partial charge in [-0.1, -0.05) is 0 Å². The summed E-state index contributed by atoms with van der Waals surface area (Å²) in [4.78, 5) is 4.40. The molecule has 0 aliphatic carbocycles. The van der Waals surface area contributed by atoms with Crippen molar-refractivity contribution in [1.29, 1.82) is 0 Å². The molecule has 1 atom stereocenters. The number of ether oxygens (including phenoxy) is 1. The SMILES string of the molecule is CCOCCc1nc(C(N)CCS(C)(=O)=O)cs1. The van der Waals surface area contributed by atoms with E-state index in [2.05, 4.69) is 4.98 Å². The molecule has 0 fully saturated rings. The molecule has 5 nitrogen and oxygen atoms in total. The first-order chi connectivity index (χ1) is 8.42. The van der Waals surface area contributed by atoms with Crippen LogP contribution in [-0.4, -0.2) is 38.6 Å². The Morgan fingerprint density at radius 1 is 1.56 bits per heavy atom. The van der Waals surface area contributed by atoms with Crippen LogP contribution < -0.4 is 5.73 Å². The fourth-order valence-corrected chi connectivity index (χ4v) is 2.93. The second-order valence-electron chi connectivity index (χ2n) is 4.14. The number of aromatic nitrogens is 1. The highest BCUT2D eigenvalue weighted by Crippen LogP contribution is 2.18. The van der Waals surface area contributed by atoms with Crippen molar-refractivity contribution in [3.05, 3.63) is 16.1 Å². The molecule has 18 heavy (non-hydrogen) atoms. The van der Waals surface area contributed by atoms with Crippen LogP contribution in [0, 0.1) is 0 Å². The van der Waals surface area contributed by atoms with Crippen molar-refractivity contribution in [2.24, 2.45) is 5.73 Å². The Morgan fingerprint density at radius 3 is 2.89 bits per heavy atom. The van der Waals surface area contributed by atoms with Crippen molar-refractivity contribution < 1.29 is 13.2 Å². The summed E-state index contributed by atoms with van der Waals surface area (Å²) in [6, 6.07) is -0.309. The Balaban J connectivity index is 2.46. The monoisotopic (exact) mass is 292 g/mol. The molecule has 1 aromatic rings. The fraction of sp³-hybridized carbons (Fsp3) is 0.727. The first-order valence-electron chi connectivity index (χ1n) is 5.87. The predicted octanol–water partition coefficient (Wildman–Crippen LogP) is 1.16. The lowest BCUT2D eigenvalue weighted by Gasteiger charge is -2.07. The van der Waals surface area contributed by atoms with Crippen LogP contribution in [0.25, 0.3) is 0 Å². The quantitative estimate of drug-likeness (QED) is 0.727. The molecule has 0 aliphatic heterocycles. The third-order valence-electron chi connectivity index (χ3n) is 2.41. The van der Waals surface area contributed by atoms with E-state index in [1.165, 1.54) is 6.26 Å². The van der Waals surface area contributed by atoms with Gasteiger partial charge in [-0.05, 0) is 13.3 Å². The van der Waals surface area contributed by atoms with E-state index in [1.54, 1.807) is 11.3 Å². The van der Waals surface area contributed by atoms with Gasteiger partial charge >= 0.3 is 0 Å². The zero-order valence-corrected chi connectivity index (χ0v) is 12.4. The first-order valence-corrected chi connectivity index (χ1v) is 8.81. The smallest absolute Gasteiger partial charge is 0.147 e. The molecule has 1 rings (SSSR count). The number of sulfone groups is 1.